The maximum atomic E-state index is 12.2. The van der Waals surface area contributed by atoms with Gasteiger partial charge in [-0.2, -0.15) is 5.10 Å². The minimum absolute atomic E-state index is 0.123. The van der Waals surface area contributed by atoms with E-state index < -0.39 is 0 Å². The molecule has 3 aromatic rings. The van der Waals surface area contributed by atoms with Gasteiger partial charge >= 0.3 is 5.97 Å². The molecule has 0 spiro atoms. The number of anilines is 2. The molecule has 0 saturated carbocycles. The van der Waals surface area contributed by atoms with E-state index in [0.717, 1.165) is 11.1 Å². The van der Waals surface area contributed by atoms with Crippen LogP contribution in [-0.4, -0.2) is 42.9 Å². The van der Waals surface area contributed by atoms with Crippen LogP contribution >= 0.6 is 11.3 Å². The maximum Gasteiger partial charge on any atom is 0.311 e. The first-order chi connectivity index (χ1) is 17.0. The molecule has 0 unspecified atom stereocenters. The van der Waals surface area contributed by atoms with Crippen molar-refractivity contribution in [2.75, 3.05) is 30.6 Å². The van der Waals surface area contributed by atoms with Crippen LogP contribution < -0.4 is 20.2 Å². The van der Waals surface area contributed by atoms with E-state index in [1.165, 1.54) is 11.3 Å². The third-order valence-corrected chi connectivity index (χ3v) is 5.31. The second-order valence-corrected chi connectivity index (χ2v) is 8.20. The molecule has 0 atom stereocenters. The van der Waals surface area contributed by atoms with Crippen molar-refractivity contribution < 1.29 is 23.8 Å². The van der Waals surface area contributed by atoms with Crippen LogP contribution in [0.2, 0.25) is 0 Å². The number of hydrazone groups is 1. The van der Waals surface area contributed by atoms with Crippen LogP contribution in [-0.2, 0) is 20.7 Å². The highest BCUT2D eigenvalue weighted by Crippen LogP contribution is 2.28. The fourth-order valence-corrected chi connectivity index (χ4v) is 3.59. The summed E-state index contributed by atoms with van der Waals surface area (Å²) in [6.45, 7) is 6.24. The van der Waals surface area contributed by atoms with Gasteiger partial charge in [0.2, 0.25) is 5.13 Å². The van der Waals surface area contributed by atoms with E-state index in [9.17, 15) is 9.59 Å². The van der Waals surface area contributed by atoms with Crippen LogP contribution in [0.3, 0.4) is 0 Å². The lowest BCUT2D eigenvalue weighted by atomic mass is 10.2. The van der Waals surface area contributed by atoms with Crippen molar-refractivity contribution >= 4 is 40.2 Å². The molecule has 0 aliphatic carbocycles. The van der Waals surface area contributed by atoms with Gasteiger partial charge in [0, 0.05) is 11.1 Å². The molecular formula is C25H28N4O5S. The van der Waals surface area contributed by atoms with Crippen molar-refractivity contribution in [1.82, 2.24) is 4.98 Å². The van der Waals surface area contributed by atoms with E-state index in [4.69, 9.17) is 14.2 Å². The third-order valence-electron chi connectivity index (χ3n) is 4.52. The summed E-state index contributed by atoms with van der Waals surface area (Å²) in [7, 11) is 0. The Morgan fingerprint density at radius 2 is 1.86 bits per heavy atom. The predicted molar refractivity (Wildman–Crippen MR) is 137 cm³/mol. The van der Waals surface area contributed by atoms with Gasteiger partial charge in [-0.3, -0.25) is 15.0 Å². The number of esters is 1. The largest absolute Gasteiger partial charge is 0.490 e. The molecule has 0 fully saturated rings. The van der Waals surface area contributed by atoms with Crippen molar-refractivity contribution in [3.05, 3.63) is 64.7 Å². The molecule has 0 aliphatic rings. The summed E-state index contributed by atoms with van der Waals surface area (Å²) in [4.78, 5) is 28.1. The maximum absolute atomic E-state index is 12.2. The summed E-state index contributed by atoms with van der Waals surface area (Å²) in [6.07, 6.45) is 1.74. The second kappa shape index (κ2) is 13.1. The molecule has 10 heteroatoms. The highest BCUT2D eigenvalue weighted by Gasteiger charge is 2.10. The number of rotatable bonds is 12. The van der Waals surface area contributed by atoms with Gasteiger partial charge in [-0.25, -0.2) is 4.98 Å². The summed E-state index contributed by atoms with van der Waals surface area (Å²) < 4.78 is 16.3. The number of hydrogen-bond donors (Lipinski definition) is 2. The van der Waals surface area contributed by atoms with Crippen molar-refractivity contribution in [3.63, 3.8) is 0 Å². The Morgan fingerprint density at radius 3 is 2.60 bits per heavy atom. The standard InChI is InChI=1S/C25H28N4O5S/c1-4-32-22-12-18(14-26-29-25-28-20(16-35-25)13-24(31)33-5-2)8-11-21(22)34-15-23(30)27-19-9-6-17(3)7-10-19/h6-12,14,16H,4-5,13,15H2,1-3H3,(H,27,30)(H,28,29). The Bertz CT molecular complexity index is 1160. The van der Waals surface area contributed by atoms with E-state index >= 15 is 0 Å². The number of aromatic nitrogens is 1. The Labute approximate surface area is 208 Å². The van der Waals surface area contributed by atoms with E-state index in [0.29, 0.717) is 41.2 Å². The quantitative estimate of drug-likeness (QED) is 0.217. The molecule has 1 aromatic heterocycles. The first kappa shape index (κ1) is 25.7. The molecule has 0 bridgehead atoms. The van der Waals surface area contributed by atoms with Crippen LogP contribution in [0, 0.1) is 6.92 Å². The number of ether oxygens (including phenoxy) is 3. The number of aryl methyl sites for hydroxylation is 1. The van der Waals surface area contributed by atoms with Crippen LogP contribution in [0.5, 0.6) is 11.5 Å². The molecule has 2 aromatic carbocycles. The van der Waals surface area contributed by atoms with Gasteiger partial charge in [0.15, 0.2) is 18.1 Å². The van der Waals surface area contributed by atoms with Gasteiger partial charge in [-0.1, -0.05) is 17.7 Å². The lowest BCUT2D eigenvalue weighted by Gasteiger charge is -2.12. The van der Waals surface area contributed by atoms with Crippen LogP contribution in [0.25, 0.3) is 0 Å². The summed E-state index contributed by atoms with van der Waals surface area (Å²) in [5, 5.41) is 9.34. The molecule has 184 valence electrons. The Hall–Kier alpha value is -3.92. The number of carbonyl (C=O) groups excluding carboxylic acids is 2. The smallest absolute Gasteiger partial charge is 0.311 e. The van der Waals surface area contributed by atoms with E-state index in [1.54, 1.807) is 36.7 Å². The summed E-state index contributed by atoms with van der Waals surface area (Å²) >= 11 is 1.34. The Kier molecular flexibility index (Phi) is 9.61. The first-order valence-electron chi connectivity index (χ1n) is 11.1. The highest BCUT2D eigenvalue weighted by atomic mass is 32.1. The third kappa shape index (κ3) is 8.42. The topological polar surface area (TPSA) is 111 Å². The van der Waals surface area contributed by atoms with Gasteiger partial charge in [0.05, 0.1) is 31.5 Å². The molecule has 0 saturated heterocycles. The van der Waals surface area contributed by atoms with E-state index in [2.05, 4.69) is 20.8 Å². The zero-order valence-corrected chi connectivity index (χ0v) is 20.7. The number of nitrogens with one attached hydrogen (secondary N) is 2. The highest BCUT2D eigenvalue weighted by molar-refractivity contribution is 7.13. The molecule has 3 rings (SSSR count). The van der Waals surface area contributed by atoms with Gasteiger partial charge in [-0.15, -0.1) is 11.3 Å². The number of amides is 1. The molecule has 1 heterocycles. The summed E-state index contributed by atoms with van der Waals surface area (Å²) in [5.41, 5.74) is 6.06. The average Bonchev–Trinajstić information content (AvgIpc) is 3.27. The summed E-state index contributed by atoms with van der Waals surface area (Å²) in [6, 6.07) is 12.8. The van der Waals surface area contributed by atoms with Crippen LogP contribution in [0.1, 0.15) is 30.7 Å². The molecule has 1 amide bonds. The molecule has 35 heavy (non-hydrogen) atoms. The van der Waals surface area contributed by atoms with Crippen molar-refractivity contribution in [2.24, 2.45) is 5.10 Å². The lowest BCUT2D eigenvalue weighted by Crippen LogP contribution is -2.20. The van der Waals surface area contributed by atoms with E-state index in [-0.39, 0.29) is 24.9 Å². The van der Waals surface area contributed by atoms with Crippen molar-refractivity contribution in [1.29, 1.82) is 0 Å². The molecule has 2 N–H and O–H groups in total. The minimum Gasteiger partial charge on any atom is -0.490 e. The number of hydrogen-bond acceptors (Lipinski definition) is 9. The Balaban J connectivity index is 1.55. The minimum atomic E-state index is -0.314. The summed E-state index contributed by atoms with van der Waals surface area (Å²) in [5.74, 6) is 0.383. The number of thiazole rings is 1. The number of nitrogens with zero attached hydrogens (tertiary/aromatic N) is 2. The second-order valence-electron chi connectivity index (χ2n) is 7.34. The van der Waals surface area contributed by atoms with Gasteiger partial charge < -0.3 is 19.5 Å². The molecule has 9 nitrogen and oxygen atoms in total. The number of benzene rings is 2. The van der Waals surface area contributed by atoms with Gasteiger partial charge in [0.25, 0.3) is 5.91 Å². The average molecular weight is 497 g/mol. The monoisotopic (exact) mass is 496 g/mol. The van der Waals surface area contributed by atoms with Gasteiger partial charge in [0.1, 0.15) is 0 Å². The predicted octanol–water partition coefficient (Wildman–Crippen LogP) is 4.42. The zero-order chi connectivity index (χ0) is 25.0. The number of carbonyl (C=O) groups is 2. The normalized spacial score (nSPS) is 10.7. The fourth-order valence-electron chi connectivity index (χ4n) is 2.93. The zero-order valence-electron chi connectivity index (χ0n) is 19.9. The molecular weight excluding hydrogens is 468 g/mol. The molecule has 0 aliphatic heterocycles. The fraction of sp³-hybridized carbons (Fsp3) is 0.280. The van der Waals surface area contributed by atoms with Crippen LogP contribution in [0.15, 0.2) is 52.9 Å². The first-order valence-corrected chi connectivity index (χ1v) is 12.0. The van der Waals surface area contributed by atoms with Crippen LogP contribution in [0.4, 0.5) is 10.8 Å². The van der Waals surface area contributed by atoms with Gasteiger partial charge in [-0.05, 0) is 56.7 Å². The SMILES string of the molecule is CCOC(=O)Cc1csc(NN=Cc2ccc(OCC(=O)Nc3ccc(C)cc3)c(OCC)c2)n1. The van der Waals surface area contributed by atoms with Crippen molar-refractivity contribution in [3.8, 4) is 11.5 Å². The lowest BCUT2D eigenvalue weighted by molar-refractivity contribution is -0.142. The van der Waals surface area contributed by atoms with Crippen molar-refractivity contribution in [2.45, 2.75) is 27.2 Å². The van der Waals surface area contributed by atoms with E-state index in [1.807, 2.05) is 38.1 Å². The Morgan fingerprint density at radius 1 is 1.06 bits per heavy atom. The molecule has 0 radical (unpaired) electrons.